The van der Waals surface area contributed by atoms with Gasteiger partial charge in [0.05, 0.1) is 6.04 Å². The second kappa shape index (κ2) is 4.28. The molecule has 1 aliphatic rings. The van der Waals surface area contributed by atoms with E-state index in [0.29, 0.717) is 5.56 Å². The number of carbonyl (C=O) groups excluding carboxylic acids is 1. The molecule has 1 heterocycles. The third kappa shape index (κ3) is 2.01. The van der Waals surface area contributed by atoms with Gasteiger partial charge in [0.1, 0.15) is 0 Å². The molecular weight excluding hydrogens is 200 g/mol. The van der Waals surface area contributed by atoms with Crippen molar-refractivity contribution < 1.29 is 4.79 Å². The molecule has 0 aromatic heterocycles. The van der Waals surface area contributed by atoms with Crippen molar-refractivity contribution in [2.45, 2.75) is 19.4 Å². The Morgan fingerprint density at radius 2 is 2.44 bits per heavy atom. The first kappa shape index (κ1) is 10.6. The van der Waals surface area contributed by atoms with Crippen LogP contribution in [-0.2, 0) is 6.42 Å². The molecule has 1 aromatic carbocycles. The quantitative estimate of drug-likeness (QED) is 0.731. The molecule has 2 rings (SSSR count). The number of anilines is 1. The van der Waals surface area contributed by atoms with Gasteiger partial charge in [-0.2, -0.15) is 0 Å². The van der Waals surface area contributed by atoms with Crippen LogP contribution in [0, 0.1) is 12.3 Å². The number of rotatable bonds is 2. The summed E-state index contributed by atoms with van der Waals surface area (Å²) in [6, 6.07) is 5.46. The van der Waals surface area contributed by atoms with Crippen molar-refractivity contribution >= 4 is 11.6 Å². The van der Waals surface area contributed by atoms with Crippen LogP contribution in [0.3, 0.4) is 0 Å². The predicted octanol–water partition coefficient (Wildman–Crippen LogP) is 1.41. The minimum atomic E-state index is -0.242. The third-order valence-electron chi connectivity index (χ3n) is 2.68. The number of hydrogen-bond acceptors (Lipinski definition) is 2. The minimum Gasteiger partial charge on any atom is -0.384 e. The van der Waals surface area contributed by atoms with Gasteiger partial charge in [0.2, 0.25) is 0 Å². The van der Waals surface area contributed by atoms with Gasteiger partial charge in [-0.1, -0.05) is 12.0 Å². The van der Waals surface area contributed by atoms with Crippen molar-refractivity contribution in [2.75, 3.05) is 11.9 Å². The fraction of sp³-hybridized carbons (Fsp3) is 0.308. The van der Waals surface area contributed by atoms with E-state index in [1.54, 1.807) is 6.92 Å². The Labute approximate surface area is 95.2 Å². The Morgan fingerprint density at radius 3 is 3.19 bits per heavy atom. The number of nitrogens with one attached hydrogen (secondary N) is 2. The van der Waals surface area contributed by atoms with Gasteiger partial charge in [-0.15, -0.1) is 6.42 Å². The van der Waals surface area contributed by atoms with Gasteiger partial charge in [-0.3, -0.25) is 4.79 Å². The van der Waals surface area contributed by atoms with Gasteiger partial charge in [0.25, 0.3) is 5.91 Å². The average Bonchev–Trinajstić information content (AvgIpc) is 2.75. The van der Waals surface area contributed by atoms with Gasteiger partial charge in [-0.05, 0) is 31.0 Å². The summed E-state index contributed by atoms with van der Waals surface area (Å²) in [6.45, 7) is 2.73. The normalized spacial score (nSPS) is 14.5. The molecule has 1 amide bonds. The summed E-state index contributed by atoms with van der Waals surface area (Å²) in [7, 11) is 0. The summed E-state index contributed by atoms with van der Waals surface area (Å²) in [6.07, 6.45) is 6.24. The highest BCUT2D eigenvalue weighted by Crippen LogP contribution is 2.23. The summed E-state index contributed by atoms with van der Waals surface area (Å²) in [5.41, 5.74) is 2.97. The molecule has 1 aliphatic heterocycles. The number of hydrogen-bond donors (Lipinski definition) is 2. The first-order chi connectivity index (χ1) is 7.70. The van der Waals surface area contributed by atoms with E-state index in [9.17, 15) is 4.79 Å². The summed E-state index contributed by atoms with van der Waals surface area (Å²) in [5, 5.41) is 5.98. The van der Waals surface area contributed by atoms with Crippen LogP contribution in [-0.4, -0.2) is 18.5 Å². The molecule has 16 heavy (non-hydrogen) atoms. The molecule has 1 atom stereocenters. The van der Waals surface area contributed by atoms with Crippen molar-refractivity contribution in [3.8, 4) is 12.3 Å². The molecule has 0 bridgehead atoms. The van der Waals surface area contributed by atoms with Crippen LogP contribution in [0.5, 0.6) is 0 Å². The first-order valence-corrected chi connectivity index (χ1v) is 5.34. The number of carbonyl (C=O) groups is 1. The number of amides is 1. The van der Waals surface area contributed by atoms with Crippen LogP contribution in [0.2, 0.25) is 0 Å². The second-order valence-electron chi connectivity index (χ2n) is 3.91. The van der Waals surface area contributed by atoms with E-state index in [0.717, 1.165) is 18.7 Å². The lowest BCUT2D eigenvalue weighted by molar-refractivity contribution is 0.0948. The molecule has 0 saturated heterocycles. The van der Waals surface area contributed by atoms with Gasteiger partial charge < -0.3 is 10.6 Å². The van der Waals surface area contributed by atoms with Crippen molar-refractivity contribution in [1.82, 2.24) is 5.32 Å². The van der Waals surface area contributed by atoms with Gasteiger partial charge in [-0.25, -0.2) is 0 Å². The molecule has 0 fully saturated rings. The van der Waals surface area contributed by atoms with Crippen LogP contribution >= 0.6 is 0 Å². The topological polar surface area (TPSA) is 41.1 Å². The van der Waals surface area contributed by atoms with Crippen LogP contribution < -0.4 is 10.6 Å². The van der Waals surface area contributed by atoms with Gasteiger partial charge in [0.15, 0.2) is 0 Å². The summed E-state index contributed by atoms with van der Waals surface area (Å²) < 4.78 is 0. The highest BCUT2D eigenvalue weighted by molar-refractivity contribution is 5.95. The lowest BCUT2D eigenvalue weighted by Crippen LogP contribution is -2.31. The molecule has 0 aliphatic carbocycles. The number of fused-ring (bicyclic) bond motifs is 1. The van der Waals surface area contributed by atoms with Crippen LogP contribution in [0.1, 0.15) is 22.8 Å². The van der Waals surface area contributed by atoms with Crippen molar-refractivity contribution in [3.05, 3.63) is 29.3 Å². The maximum absolute atomic E-state index is 11.8. The van der Waals surface area contributed by atoms with Crippen LogP contribution in [0.4, 0.5) is 5.69 Å². The van der Waals surface area contributed by atoms with E-state index in [1.165, 1.54) is 5.56 Å². The zero-order chi connectivity index (χ0) is 11.5. The standard InChI is InChI=1S/C13H14N2O/c1-3-9(2)15-13(16)11-5-4-10-6-7-14-12(10)8-11/h1,4-5,8-9,14H,6-7H2,2H3,(H,15,16). The Balaban J connectivity index is 2.16. The van der Waals surface area contributed by atoms with E-state index < -0.39 is 0 Å². The lowest BCUT2D eigenvalue weighted by Gasteiger charge is -2.08. The monoisotopic (exact) mass is 214 g/mol. The lowest BCUT2D eigenvalue weighted by atomic mass is 10.1. The molecule has 3 nitrogen and oxygen atoms in total. The van der Waals surface area contributed by atoms with E-state index in [2.05, 4.69) is 16.6 Å². The SMILES string of the molecule is C#CC(C)NC(=O)c1ccc2c(c1)NCC2. The second-order valence-corrected chi connectivity index (χ2v) is 3.91. The Bertz CT molecular complexity index is 459. The molecule has 0 saturated carbocycles. The summed E-state index contributed by atoms with van der Waals surface area (Å²) >= 11 is 0. The zero-order valence-corrected chi connectivity index (χ0v) is 9.21. The Kier molecular flexibility index (Phi) is 2.82. The fourth-order valence-electron chi connectivity index (χ4n) is 1.75. The van der Waals surface area contributed by atoms with Crippen molar-refractivity contribution in [1.29, 1.82) is 0 Å². The molecule has 0 radical (unpaired) electrons. The molecule has 1 unspecified atom stereocenters. The molecular formula is C13H14N2O. The minimum absolute atomic E-state index is 0.123. The zero-order valence-electron chi connectivity index (χ0n) is 9.21. The van der Waals surface area contributed by atoms with E-state index in [4.69, 9.17) is 6.42 Å². The molecule has 3 heteroatoms. The van der Waals surface area contributed by atoms with Gasteiger partial charge in [0, 0.05) is 17.8 Å². The summed E-state index contributed by atoms with van der Waals surface area (Å²) in [5.74, 6) is 2.35. The molecule has 82 valence electrons. The highest BCUT2D eigenvalue weighted by Gasteiger charge is 2.13. The van der Waals surface area contributed by atoms with E-state index in [1.807, 2.05) is 18.2 Å². The third-order valence-corrected chi connectivity index (χ3v) is 2.68. The van der Waals surface area contributed by atoms with Crippen LogP contribution in [0.25, 0.3) is 0 Å². The van der Waals surface area contributed by atoms with E-state index in [-0.39, 0.29) is 11.9 Å². The largest absolute Gasteiger partial charge is 0.384 e. The van der Waals surface area contributed by atoms with E-state index >= 15 is 0 Å². The fourth-order valence-corrected chi connectivity index (χ4v) is 1.75. The number of benzene rings is 1. The molecule has 2 N–H and O–H groups in total. The number of terminal acetylenes is 1. The van der Waals surface area contributed by atoms with Crippen LogP contribution in [0.15, 0.2) is 18.2 Å². The Hall–Kier alpha value is -1.95. The average molecular weight is 214 g/mol. The maximum Gasteiger partial charge on any atom is 0.252 e. The van der Waals surface area contributed by atoms with Gasteiger partial charge >= 0.3 is 0 Å². The molecule has 1 aromatic rings. The predicted molar refractivity (Wildman–Crippen MR) is 64.4 cm³/mol. The smallest absolute Gasteiger partial charge is 0.252 e. The molecule has 0 spiro atoms. The van der Waals surface area contributed by atoms with Crippen molar-refractivity contribution in [3.63, 3.8) is 0 Å². The van der Waals surface area contributed by atoms with Crippen molar-refractivity contribution in [2.24, 2.45) is 0 Å². The highest BCUT2D eigenvalue weighted by atomic mass is 16.1. The Morgan fingerprint density at radius 1 is 1.62 bits per heavy atom. The maximum atomic E-state index is 11.8. The summed E-state index contributed by atoms with van der Waals surface area (Å²) in [4.78, 5) is 11.8. The first-order valence-electron chi connectivity index (χ1n) is 5.34.